The van der Waals surface area contributed by atoms with Gasteiger partial charge in [-0.25, -0.2) is 0 Å². The van der Waals surface area contributed by atoms with E-state index in [0.717, 1.165) is 0 Å². The molecule has 0 bridgehead atoms. The van der Waals surface area contributed by atoms with E-state index < -0.39 is 11.9 Å². The first-order valence-corrected chi connectivity index (χ1v) is 8.35. The Kier molecular flexibility index (Phi) is 5.27. The van der Waals surface area contributed by atoms with E-state index in [1.807, 2.05) is 0 Å². The first-order valence-electron chi connectivity index (χ1n) is 7.98. The Morgan fingerprint density at radius 1 is 1.15 bits per heavy atom. The van der Waals surface area contributed by atoms with Gasteiger partial charge in [0.05, 0.1) is 0 Å². The van der Waals surface area contributed by atoms with Crippen molar-refractivity contribution in [3.63, 3.8) is 0 Å². The number of carbonyl (C=O) groups is 1. The van der Waals surface area contributed by atoms with E-state index in [-0.39, 0.29) is 22.7 Å². The standard InChI is InChI=1S/C18H14ClF3N2O3/c19-14-6-7-15(24-17(14)26)13(9-11-3-8-16(25)23-11)10-1-4-12(5-2-10)27-18(20,21)22/h1-2,4-7,9,11H,3,8H2,(H,23,25)(H,24,26)/t11-/m1/s1. The zero-order valence-electron chi connectivity index (χ0n) is 13.8. The number of ether oxygens (including phenoxy) is 1. The number of carbonyl (C=O) groups excluding carboxylic acids is 1. The molecule has 0 saturated carbocycles. The predicted octanol–water partition coefficient (Wildman–Crippen LogP) is 3.64. The monoisotopic (exact) mass is 398 g/mol. The molecule has 0 radical (unpaired) electrons. The Labute approximate surface area is 156 Å². The van der Waals surface area contributed by atoms with Crippen molar-refractivity contribution in [3.8, 4) is 5.75 Å². The molecule has 0 unspecified atom stereocenters. The molecule has 1 saturated heterocycles. The highest BCUT2D eigenvalue weighted by molar-refractivity contribution is 6.30. The van der Waals surface area contributed by atoms with E-state index in [1.165, 1.54) is 30.3 Å². The van der Waals surface area contributed by atoms with E-state index in [0.29, 0.717) is 29.7 Å². The summed E-state index contributed by atoms with van der Waals surface area (Å²) in [5.41, 5.74) is 1.03. The number of nitrogens with one attached hydrogen (secondary N) is 2. The summed E-state index contributed by atoms with van der Waals surface area (Å²) in [5, 5.41) is 2.80. The van der Waals surface area contributed by atoms with Crippen molar-refractivity contribution in [3.05, 3.63) is 69.1 Å². The Morgan fingerprint density at radius 2 is 1.85 bits per heavy atom. The highest BCUT2D eigenvalue weighted by Crippen LogP contribution is 2.28. The van der Waals surface area contributed by atoms with Gasteiger partial charge in [-0.2, -0.15) is 0 Å². The van der Waals surface area contributed by atoms with Crippen LogP contribution in [0.5, 0.6) is 5.75 Å². The number of hydrogen-bond acceptors (Lipinski definition) is 3. The van der Waals surface area contributed by atoms with Gasteiger partial charge in [0.25, 0.3) is 5.56 Å². The summed E-state index contributed by atoms with van der Waals surface area (Å²) in [6.45, 7) is 0. The molecule has 1 amide bonds. The fourth-order valence-corrected chi connectivity index (χ4v) is 2.86. The lowest BCUT2D eigenvalue weighted by Crippen LogP contribution is -2.23. The molecule has 3 rings (SSSR count). The first-order chi connectivity index (χ1) is 12.7. The van der Waals surface area contributed by atoms with E-state index in [2.05, 4.69) is 15.0 Å². The number of H-pyrrole nitrogens is 1. The molecule has 1 aliphatic heterocycles. The SMILES string of the molecule is O=C1CC[C@H](C=C(c2ccc(OC(F)(F)F)cc2)c2ccc(Cl)c(=O)[nH]2)N1. The lowest BCUT2D eigenvalue weighted by atomic mass is 9.99. The van der Waals surface area contributed by atoms with E-state index in [9.17, 15) is 22.8 Å². The normalized spacial score (nSPS) is 17.7. The first kappa shape index (κ1) is 19.0. The van der Waals surface area contributed by atoms with Gasteiger partial charge in [0.15, 0.2) is 0 Å². The number of alkyl halides is 3. The van der Waals surface area contributed by atoms with Crippen LogP contribution in [0.3, 0.4) is 0 Å². The molecule has 2 aromatic rings. The van der Waals surface area contributed by atoms with Gasteiger partial charge in [-0.1, -0.05) is 29.8 Å². The van der Waals surface area contributed by atoms with Crippen molar-refractivity contribution in [2.24, 2.45) is 0 Å². The molecule has 142 valence electrons. The molecule has 0 spiro atoms. The van der Waals surface area contributed by atoms with Gasteiger partial charge in [-0.15, -0.1) is 13.2 Å². The van der Waals surface area contributed by atoms with Crippen LogP contribution in [0.4, 0.5) is 13.2 Å². The summed E-state index contributed by atoms with van der Waals surface area (Å²) in [5.74, 6) is -0.446. The van der Waals surface area contributed by atoms with Crippen LogP contribution in [0.15, 0.2) is 47.3 Å². The molecule has 0 aliphatic carbocycles. The van der Waals surface area contributed by atoms with Crippen molar-refractivity contribution in [1.82, 2.24) is 10.3 Å². The van der Waals surface area contributed by atoms with E-state index in [4.69, 9.17) is 11.6 Å². The highest BCUT2D eigenvalue weighted by Gasteiger charge is 2.31. The van der Waals surface area contributed by atoms with Gasteiger partial charge in [0.1, 0.15) is 10.8 Å². The Morgan fingerprint density at radius 3 is 2.41 bits per heavy atom. The van der Waals surface area contributed by atoms with Crippen LogP contribution >= 0.6 is 11.6 Å². The lowest BCUT2D eigenvalue weighted by Gasteiger charge is -2.13. The van der Waals surface area contributed by atoms with E-state index in [1.54, 1.807) is 12.1 Å². The maximum Gasteiger partial charge on any atom is 0.573 e. The van der Waals surface area contributed by atoms with Crippen LogP contribution in [-0.2, 0) is 4.79 Å². The zero-order valence-corrected chi connectivity index (χ0v) is 14.5. The second-order valence-corrected chi connectivity index (χ2v) is 6.32. The molecule has 1 aliphatic rings. The van der Waals surface area contributed by atoms with Crippen LogP contribution in [0.1, 0.15) is 24.1 Å². The van der Waals surface area contributed by atoms with Crippen LogP contribution in [-0.4, -0.2) is 23.3 Å². The minimum absolute atomic E-state index is 0.0150. The summed E-state index contributed by atoms with van der Waals surface area (Å²) >= 11 is 5.76. The Balaban J connectivity index is 1.99. The third-order valence-corrected chi connectivity index (χ3v) is 4.24. The number of halogens is 4. The number of aromatic nitrogens is 1. The Hall–Kier alpha value is -2.74. The Bertz CT molecular complexity index is 936. The quantitative estimate of drug-likeness (QED) is 0.826. The fraction of sp³-hybridized carbons (Fsp3) is 0.222. The van der Waals surface area contributed by atoms with Gasteiger partial charge in [0, 0.05) is 23.7 Å². The molecule has 1 aromatic carbocycles. The molecule has 1 aromatic heterocycles. The van der Waals surface area contributed by atoms with Gasteiger partial charge >= 0.3 is 6.36 Å². The number of hydrogen-bond donors (Lipinski definition) is 2. The molecular formula is C18H14ClF3N2O3. The molecule has 2 heterocycles. The summed E-state index contributed by atoms with van der Waals surface area (Å²) in [4.78, 5) is 25.9. The largest absolute Gasteiger partial charge is 0.573 e. The second kappa shape index (κ2) is 7.48. The average molecular weight is 399 g/mol. The third-order valence-electron chi connectivity index (χ3n) is 3.95. The molecule has 2 N–H and O–H groups in total. The molecule has 1 atom stereocenters. The summed E-state index contributed by atoms with van der Waals surface area (Å²) in [6.07, 6.45) is -2.07. The van der Waals surface area contributed by atoms with Crippen molar-refractivity contribution in [2.75, 3.05) is 0 Å². The van der Waals surface area contributed by atoms with Gasteiger partial charge in [0.2, 0.25) is 5.91 Å². The van der Waals surface area contributed by atoms with E-state index >= 15 is 0 Å². The summed E-state index contributed by atoms with van der Waals surface area (Å²) < 4.78 is 40.9. The summed E-state index contributed by atoms with van der Waals surface area (Å²) in [7, 11) is 0. The number of benzene rings is 1. The smallest absolute Gasteiger partial charge is 0.406 e. The molecular weight excluding hydrogens is 385 g/mol. The topological polar surface area (TPSA) is 71.2 Å². The summed E-state index contributed by atoms with van der Waals surface area (Å²) in [6, 6.07) is 8.01. The predicted molar refractivity (Wildman–Crippen MR) is 93.4 cm³/mol. The maximum absolute atomic E-state index is 12.3. The maximum atomic E-state index is 12.3. The highest BCUT2D eigenvalue weighted by atomic mass is 35.5. The number of rotatable bonds is 4. The zero-order chi connectivity index (χ0) is 19.6. The van der Waals surface area contributed by atoms with Crippen LogP contribution in [0, 0.1) is 0 Å². The minimum Gasteiger partial charge on any atom is -0.406 e. The molecule has 5 nitrogen and oxygen atoms in total. The third kappa shape index (κ3) is 4.91. The van der Waals surface area contributed by atoms with Crippen molar-refractivity contribution in [1.29, 1.82) is 0 Å². The molecule has 1 fully saturated rings. The van der Waals surface area contributed by atoms with Crippen molar-refractivity contribution < 1.29 is 22.7 Å². The van der Waals surface area contributed by atoms with Gasteiger partial charge < -0.3 is 15.0 Å². The minimum atomic E-state index is -4.78. The second-order valence-electron chi connectivity index (χ2n) is 5.91. The van der Waals surface area contributed by atoms with Crippen molar-refractivity contribution >= 4 is 23.1 Å². The fourth-order valence-electron chi connectivity index (χ4n) is 2.75. The number of pyridine rings is 1. The molecule has 9 heteroatoms. The van der Waals surface area contributed by atoms with Gasteiger partial charge in [-0.3, -0.25) is 9.59 Å². The molecule has 27 heavy (non-hydrogen) atoms. The van der Waals surface area contributed by atoms with Crippen molar-refractivity contribution in [2.45, 2.75) is 25.2 Å². The lowest BCUT2D eigenvalue weighted by molar-refractivity contribution is -0.274. The number of amides is 1. The van der Waals surface area contributed by atoms with Crippen LogP contribution in [0.2, 0.25) is 5.02 Å². The van der Waals surface area contributed by atoms with Gasteiger partial charge in [-0.05, 0) is 36.2 Å². The van der Waals surface area contributed by atoms with Crippen LogP contribution in [0.25, 0.3) is 5.57 Å². The number of aromatic amines is 1. The average Bonchev–Trinajstić information content (AvgIpc) is 3.00. The van der Waals surface area contributed by atoms with Crippen LogP contribution < -0.4 is 15.6 Å².